The smallest absolute Gasteiger partial charge is 0.142 e. The second kappa shape index (κ2) is 6.10. The summed E-state index contributed by atoms with van der Waals surface area (Å²) in [6, 6.07) is 8.87. The average Bonchev–Trinajstić information content (AvgIpc) is 2.52. The van der Waals surface area contributed by atoms with E-state index < -0.39 is 0 Å². The van der Waals surface area contributed by atoms with Crippen LogP contribution >= 0.6 is 0 Å². The topological polar surface area (TPSA) is 24.5 Å². The van der Waals surface area contributed by atoms with Crippen LogP contribution in [0.5, 0.6) is 5.75 Å². The number of nitrogens with one attached hydrogen (secondary N) is 1. The van der Waals surface area contributed by atoms with Crippen molar-refractivity contribution < 1.29 is 4.74 Å². The van der Waals surface area contributed by atoms with Crippen LogP contribution < -0.4 is 15.0 Å². The molecule has 0 aliphatic carbocycles. The maximum Gasteiger partial charge on any atom is 0.142 e. The van der Waals surface area contributed by atoms with Gasteiger partial charge in [-0.3, -0.25) is 0 Å². The summed E-state index contributed by atoms with van der Waals surface area (Å²) in [6.45, 7) is 10.5. The molecule has 0 radical (unpaired) electrons. The molecule has 1 heterocycles. The molecule has 1 N–H and O–H groups in total. The minimum atomic E-state index is 0.518. The van der Waals surface area contributed by atoms with Gasteiger partial charge in [0.2, 0.25) is 0 Å². The zero-order valence-electron chi connectivity index (χ0n) is 11.6. The Labute approximate surface area is 110 Å². The lowest BCUT2D eigenvalue weighted by atomic mass is 10.1. The molecule has 2 unspecified atom stereocenters. The van der Waals surface area contributed by atoms with Gasteiger partial charge in [-0.15, -0.1) is 0 Å². The number of para-hydroxylation sites is 2. The van der Waals surface area contributed by atoms with Gasteiger partial charge in [0, 0.05) is 19.1 Å². The molecule has 1 saturated heterocycles. The molecule has 1 aromatic carbocycles. The maximum atomic E-state index is 5.74. The van der Waals surface area contributed by atoms with Crippen LogP contribution in [0.15, 0.2) is 24.3 Å². The van der Waals surface area contributed by atoms with Gasteiger partial charge < -0.3 is 15.0 Å². The van der Waals surface area contributed by atoms with Crippen LogP contribution in [0.2, 0.25) is 0 Å². The predicted molar refractivity (Wildman–Crippen MR) is 76.5 cm³/mol. The van der Waals surface area contributed by atoms with Crippen molar-refractivity contribution >= 4 is 5.69 Å². The summed E-state index contributed by atoms with van der Waals surface area (Å²) in [5.74, 6) is 1.66. The minimum absolute atomic E-state index is 0.518. The van der Waals surface area contributed by atoms with E-state index in [-0.39, 0.29) is 0 Å². The van der Waals surface area contributed by atoms with Crippen molar-refractivity contribution in [2.24, 2.45) is 5.92 Å². The van der Waals surface area contributed by atoms with Crippen molar-refractivity contribution in [1.82, 2.24) is 5.32 Å². The molecule has 0 saturated carbocycles. The van der Waals surface area contributed by atoms with E-state index in [9.17, 15) is 0 Å². The van der Waals surface area contributed by atoms with Crippen LogP contribution in [-0.4, -0.2) is 32.3 Å². The van der Waals surface area contributed by atoms with Gasteiger partial charge in [-0.1, -0.05) is 19.1 Å². The summed E-state index contributed by atoms with van der Waals surface area (Å²) in [5.41, 5.74) is 1.22. The molecule has 0 amide bonds. The molecular weight excluding hydrogens is 224 g/mol. The number of hydrogen-bond acceptors (Lipinski definition) is 3. The summed E-state index contributed by atoms with van der Waals surface area (Å²) in [7, 11) is 0. The molecule has 1 aliphatic rings. The summed E-state index contributed by atoms with van der Waals surface area (Å²) in [4.78, 5) is 2.44. The van der Waals surface area contributed by atoms with Crippen molar-refractivity contribution in [2.75, 3.05) is 31.1 Å². The van der Waals surface area contributed by atoms with Crippen LogP contribution in [0, 0.1) is 5.92 Å². The first-order valence-electron chi connectivity index (χ1n) is 6.90. The van der Waals surface area contributed by atoms with Gasteiger partial charge in [-0.25, -0.2) is 0 Å². The Morgan fingerprint density at radius 1 is 1.28 bits per heavy atom. The third-order valence-corrected chi connectivity index (χ3v) is 3.35. The number of benzene rings is 1. The van der Waals surface area contributed by atoms with E-state index in [2.05, 4.69) is 42.3 Å². The lowest BCUT2D eigenvalue weighted by molar-refractivity contribution is 0.340. The highest BCUT2D eigenvalue weighted by atomic mass is 16.5. The number of hydrogen-bond donors (Lipinski definition) is 1. The summed E-state index contributed by atoms with van der Waals surface area (Å²) < 4.78 is 5.74. The molecule has 2 atom stereocenters. The van der Waals surface area contributed by atoms with Crippen molar-refractivity contribution in [1.29, 1.82) is 0 Å². The van der Waals surface area contributed by atoms with E-state index in [1.807, 2.05) is 13.0 Å². The van der Waals surface area contributed by atoms with Crippen LogP contribution in [0.4, 0.5) is 5.69 Å². The molecule has 0 bridgehead atoms. The molecule has 0 spiro atoms. The quantitative estimate of drug-likeness (QED) is 0.889. The largest absolute Gasteiger partial charge is 0.492 e. The number of ether oxygens (including phenoxy) is 1. The average molecular weight is 248 g/mol. The van der Waals surface area contributed by atoms with E-state index in [0.717, 1.165) is 25.4 Å². The molecule has 100 valence electrons. The molecule has 0 aromatic heterocycles. The van der Waals surface area contributed by atoms with Crippen molar-refractivity contribution in [2.45, 2.75) is 26.8 Å². The van der Waals surface area contributed by atoms with Gasteiger partial charge in [-0.05, 0) is 38.4 Å². The SMILES string of the molecule is CCOc1ccccc1N1CC(C)CNC(C)C1. The van der Waals surface area contributed by atoms with Crippen LogP contribution in [0.25, 0.3) is 0 Å². The Balaban J connectivity index is 2.22. The molecule has 1 fully saturated rings. The first-order chi connectivity index (χ1) is 8.70. The molecule has 1 aromatic rings. The van der Waals surface area contributed by atoms with Gasteiger partial charge in [0.15, 0.2) is 0 Å². The molecule has 18 heavy (non-hydrogen) atoms. The first kappa shape index (κ1) is 13.2. The van der Waals surface area contributed by atoms with E-state index >= 15 is 0 Å². The maximum absolute atomic E-state index is 5.74. The van der Waals surface area contributed by atoms with Gasteiger partial charge in [0.05, 0.1) is 12.3 Å². The number of rotatable bonds is 3. The zero-order valence-corrected chi connectivity index (χ0v) is 11.6. The van der Waals surface area contributed by atoms with Crippen LogP contribution in [0.1, 0.15) is 20.8 Å². The van der Waals surface area contributed by atoms with E-state index in [1.165, 1.54) is 5.69 Å². The fraction of sp³-hybridized carbons (Fsp3) is 0.600. The van der Waals surface area contributed by atoms with Gasteiger partial charge >= 0.3 is 0 Å². The fourth-order valence-corrected chi connectivity index (χ4v) is 2.51. The van der Waals surface area contributed by atoms with E-state index in [4.69, 9.17) is 4.74 Å². The standard InChI is InChI=1S/C15H24N2O/c1-4-18-15-8-6-5-7-14(15)17-10-12(2)9-16-13(3)11-17/h5-8,12-13,16H,4,9-11H2,1-3H3. The summed E-state index contributed by atoms with van der Waals surface area (Å²) in [5, 5.41) is 3.56. The number of nitrogens with zero attached hydrogens (tertiary/aromatic N) is 1. The van der Waals surface area contributed by atoms with Crippen molar-refractivity contribution in [3.8, 4) is 5.75 Å². The third-order valence-electron chi connectivity index (χ3n) is 3.35. The fourth-order valence-electron chi connectivity index (χ4n) is 2.51. The highest BCUT2D eigenvalue weighted by Crippen LogP contribution is 2.29. The molecular formula is C15H24N2O. The molecule has 3 nitrogen and oxygen atoms in total. The van der Waals surface area contributed by atoms with Crippen molar-refractivity contribution in [3.63, 3.8) is 0 Å². The Hall–Kier alpha value is -1.22. The van der Waals surface area contributed by atoms with Gasteiger partial charge in [-0.2, -0.15) is 0 Å². The van der Waals surface area contributed by atoms with Gasteiger partial charge in [0.25, 0.3) is 0 Å². The summed E-state index contributed by atoms with van der Waals surface area (Å²) >= 11 is 0. The second-order valence-electron chi connectivity index (χ2n) is 5.22. The van der Waals surface area contributed by atoms with E-state index in [1.54, 1.807) is 0 Å². The first-order valence-corrected chi connectivity index (χ1v) is 6.90. The van der Waals surface area contributed by atoms with Crippen LogP contribution in [-0.2, 0) is 0 Å². The third kappa shape index (κ3) is 3.16. The van der Waals surface area contributed by atoms with Gasteiger partial charge in [0.1, 0.15) is 5.75 Å². The highest BCUT2D eigenvalue weighted by molar-refractivity contribution is 5.58. The Bertz CT molecular complexity index is 369. The molecule has 3 heteroatoms. The Morgan fingerprint density at radius 2 is 2.06 bits per heavy atom. The van der Waals surface area contributed by atoms with E-state index in [0.29, 0.717) is 18.6 Å². The predicted octanol–water partition coefficient (Wildman–Crippen LogP) is 2.52. The number of anilines is 1. The highest BCUT2D eigenvalue weighted by Gasteiger charge is 2.20. The van der Waals surface area contributed by atoms with Crippen molar-refractivity contribution in [3.05, 3.63) is 24.3 Å². The zero-order chi connectivity index (χ0) is 13.0. The Morgan fingerprint density at radius 3 is 2.83 bits per heavy atom. The van der Waals surface area contributed by atoms with Crippen LogP contribution in [0.3, 0.4) is 0 Å². The summed E-state index contributed by atoms with van der Waals surface area (Å²) in [6.07, 6.45) is 0. The molecule has 1 aliphatic heterocycles. The Kier molecular flexibility index (Phi) is 4.48. The lowest BCUT2D eigenvalue weighted by Gasteiger charge is -2.28. The monoisotopic (exact) mass is 248 g/mol. The molecule has 2 rings (SSSR count). The minimum Gasteiger partial charge on any atom is -0.492 e. The normalized spacial score (nSPS) is 24.7. The second-order valence-corrected chi connectivity index (χ2v) is 5.22. The lowest BCUT2D eigenvalue weighted by Crippen LogP contribution is -2.35.